The van der Waals surface area contributed by atoms with Crippen molar-refractivity contribution in [3.63, 3.8) is 0 Å². The van der Waals surface area contributed by atoms with E-state index in [1.165, 1.54) is 6.92 Å². The highest BCUT2D eigenvalue weighted by molar-refractivity contribution is 7.91. The van der Waals surface area contributed by atoms with Crippen molar-refractivity contribution in [1.29, 1.82) is 0 Å². The van der Waals surface area contributed by atoms with Gasteiger partial charge in [0.2, 0.25) is 0 Å². The average Bonchev–Trinajstić information content (AvgIpc) is 2.56. The van der Waals surface area contributed by atoms with Gasteiger partial charge in [0.15, 0.2) is 9.84 Å². The van der Waals surface area contributed by atoms with Gasteiger partial charge in [0.1, 0.15) is 5.88 Å². The van der Waals surface area contributed by atoms with Crippen molar-refractivity contribution < 1.29 is 23.1 Å². The lowest BCUT2D eigenvalue weighted by atomic mass is 10.0. The van der Waals surface area contributed by atoms with E-state index in [1.807, 2.05) is 6.07 Å². The summed E-state index contributed by atoms with van der Waals surface area (Å²) in [6.07, 6.45) is 0.00107. The topological polar surface area (TPSA) is 127 Å². The van der Waals surface area contributed by atoms with Crippen LogP contribution < -0.4 is 11.1 Å². The van der Waals surface area contributed by atoms with Gasteiger partial charge < -0.3 is 16.2 Å². The van der Waals surface area contributed by atoms with Crippen LogP contribution in [0.2, 0.25) is 0 Å². The van der Waals surface area contributed by atoms with Gasteiger partial charge in [-0.05, 0) is 35.4 Å². The molecule has 1 atom stereocenters. The number of sulfone groups is 1. The molecule has 0 saturated heterocycles. The number of amides is 1. The third-order valence-electron chi connectivity index (χ3n) is 3.89. The van der Waals surface area contributed by atoms with Gasteiger partial charge in [-0.3, -0.25) is 9.59 Å². The Hall–Kier alpha value is -2.61. The normalized spacial score (nSPS) is 12.7. The van der Waals surface area contributed by atoms with E-state index in [0.717, 1.165) is 5.39 Å². The Kier molecular flexibility index (Phi) is 5.63. The molecule has 2 rings (SSSR count). The highest BCUT2D eigenvalue weighted by Crippen LogP contribution is 2.21. The minimum absolute atomic E-state index is 0.00107. The summed E-state index contributed by atoms with van der Waals surface area (Å²) in [7, 11) is -3.59. The first kappa shape index (κ1) is 18.7. The Bertz CT molecular complexity index is 908. The number of nitrogens with one attached hydrogen (secondary N) is 1. The summed E-state index contributed by atoms with van der Waals surface area (Å²) in [5.74, 6) is -3.15. The van der Waals surface area contributed by atoms with E-state index < -0.39 is 33.5 Å². The molecule has 2 aromatic carbocycles. The van der Waals surface area contributed by atoms with E-state index in [1.54, 1.807) is 30.3 Å². The summed E-state index contributed by atoms with van der Waals surface area (Å²) in [4.78, 5) is 23.1. The predicted molar refractivity (Wildman–Crippen MR) is 95.9 cm³/mol. The predicted octanol–water partition coefficient (Wildman–Crippen LogP) is 1.63. The molecular weight excluding hydrogens is 344 g/mol. The van der Waals surface area contributed by atoms with Crippen LogP contribution in [0, 0.1) is 5.92 Å². The molecule has 8 heteroatoms. The number of aliphatic carboxylic acids is 1. The van der Waals surface area contributed by atoms with Gasteiger partial charge in [-0.15, -0.1) is 0 Å². The number of nitrogen functional groups attached to an aromatic ring is 1. The molecule has 1 unspecified atom stereocenters. The molecule has 0 fully saturated rings. The first-order chi connectivity index (χ1) is 11.7. The summed E-state index contributed by atoms with van der Waals surface area (Å²) in [5.41, 5.74) is 6.65. The number of carboxylic acids is 1. The molecule has 0 aliphatic rings. The average molecular weight is 364 g/mol. The molecule has 0 spiro atoms. The van der Waals surface area contributed by atoms with Crippen LogP contribution in [-0.4, -0.2) is 37.0 Å². The Morgan fingerprint density at radius 2 is 1.96 bits per heavy atom. The lowest BCUT2D eigenvalue weighted by molar-refractivity contribution is -0.141. The third kappa shape index (κ3) is 4.93. The van der Waals surface area contributed by atoms with Gasteiger partial charge in [0, 0.05) is 11.3 Å². The van der Waals surface area contributed by atoms with Gasteiger partial charge in [-0.25, -0.2) is 8.42 Å². The third-order valence-corrected chi connectivity index (χ3v) is 5.33. The SMILES string of the molecule is CC(CCS(=O)(=O)CNC(=O)c1cccc2cc(N)ccc12)C(=O)O. The van der Waals surface area contributed by atoms with Crippen LogP contribution in [-0.2, 0) is 14.6 Å². The van der Waals surface area contributed by atoms with Crippen molar-refractivity contribution in [2.24, 2.45) is 5.92 Å². The number of carbonyl (C=O) groups is 2. The molecule has 0 radical (unpaired) electrons. The molecule has 0 bridgehead atoms. The molecule has 0 aromatic heterocycles. The second-order valence-electron chi connectivity index (χ2n) is 5.91. The second-order valence-corrected chi connectivity index (χ2v) is 8.10. The minimum Gasteiger partial charge on any atom is -0.481 e. The molecule has 0 aliphatic carbocycles. The number of anilines is 1. The fourth-order valence-corrected chi connectivity index (χ4v) is 3.53. The molecule has 0 saturated carbocycles. The van der Waals surface area contributed by atoms with Crippen LogP contribution in [0.4, 0.5) is 5.69 Å². The molecule has 25 heavy (non-hydrogen) atoms. The summed E-state index contributed by atoms with van der Waals surface area (Å²) in [6, 6.07) is 10.2. The van der Waals surface area contributed by atoms with Crippen LogP contribution in [0.25, 0.3) is 10.8 Å². The maximum Gasteiger partial charge on any atom is 0.306 e. The lowest BCUT2D eigenvalue weighted by Crippen LogP contribution is -2.31. The number of rotatable bonds is 7. The summed E-state index contributed by atoms with van der Waals surface area (Å²) < 4.78 is 24.0. The van der Waals surface area contributed by atoms with Crippen LogP contribution in [0.15, 0.2) is 36.4 Å². The van der Waals surface area contributed by atoms with E-state index in [2.05, 4.69) is 5.32 Å². The van der Waals surface area contributed by atoms with Crippen molar-refractivity contribution in [2.45, 2.75) is 13.3 Å². The maximum absolute atomic E-state index is 12.3. The summed E-state index contributed by atoms with van der Waals surface area (Å²) in [5, 5.41) is 12.6. The number of benzene rings is 2. The zero-order valence-electron chi connectivity index (χ0n) is 13.7. The van der Waals surface area contributed by atoms with Crippen molar-refractivity contribution in [3.05, 3.63) is 42.0 Å². The molecule has 0 heterocycles. The Labute approximate surface area is 145 Å². The zero-order valence-corrected chi connectivity index (χ0v) is 14.5. The lowest BCUT2D eigenvalue weighted by Gasteiger charge is -2.10. The molecule has 4 N–H and O–H groups in total. The van der Waals surface area contributed by atoms with E-state index in [0.29, 0.717) is 16.6 Å². The standard InChI is InChI=1S/C17H20N2O5S/c1-11(17(21)22)7-8-25(23,24)10-19-16(20)15-4-2-3-12-9-13(18)5-6-14(12)15/h2-6,9,11H,7-8,10,18H2,1H3,(H,19,20)(H,21,22). The van der Waals surface area contributed by atoms with Crippen molar-refractivity contribution in [2.75, 3.05) is 17.4 Å². The van der Waals surface area contributed by atoms with Crippen LogP contribution in [0.1, 0.15) is 23.7 Å². The molecule has 1 amide bonds. The fraction of sp³-hybridized carbons (Fsp3) is 0.294. The molecular formula is C17H20N2O5S. The number of carboxylic acid groups (broad SMARTS) is 1. The van der Waals surface area contributed by atoms with Crippen molar-refractivity contribution in [1.82, 2.24) is 5.32 Å². The number of carbonyl (C=O) groups excluding carboxylic acids is 1. The second kappa shape index (κ2) is 7.52. The first-order valence-electron chi connectivity index (χ1n) is 7.69. The van der Waals surface area contributed by atoms with E-state index in [-0.39, 0.29) is 12.2 Å². The van der Waals surface area contributed by atoms with E-state index in [9.17, 15) is 18.0 Å². The molecule has 7 nitrogen and oxygen atoms in total. The monoisotopic (exact) mass is 364 g/mol. The largest absolute Gasteiger partial charge is 0.481 e. The van der Waals surface area contributed by atoms with Crippen molar-refractivity contribution >= 4 is 38.2 Å². The summed E-state index contributed by atoms with van der Waals surface area (Å²) in [6.45, 7) is 1.44. The van der Waals surface area contributed by atoms with Gasteiger partial charge in [-0.1, -0.05) is 25.1 Å². The highest BCUT2D eigenvalue weighted by Gasteiger charge is 2.19. The molecule has 134 valence electrons. The Morgan fingerprint density at radius 1 is 1.24 bits per heavy atom. The van der Waals surface area contributed by atoms with Gasteiger partial charge in [-0.2, -0.15) is 0 Å². The van der Waals surface area contributed by atoms with Gasteiger partial charge >= 0.3 is 5.97 Å². The maximum atomic E-state index is 12.3. The molecule has 0 aliphatic heterocycles. The number of fused-ring (bicyclic) bond motifs is 1. The first-order valence-corrected chi connectivity index (χ1v) is 9.51. The minimum atomic E-state index is -3.59. The molecule has 2 aromatic rings. The van der Waals surface area contributed by atoms with Crippen LogP contribution in [0.3, 0.4) is 0 Å². The summed E-state index contributed by atoms with van der Waals surface area (Å²) >= 11 is 0. The van der Waals surface area contributed by atoms with Crippen LogP contribution >= 0.6 is 0 Å². The quantitative estimate of drug-likeness (QED) is 0.641. The zero-order chi connectivity index (χ0) is 18.6. The van der Waals surface area contributed by atoms with Crippen molar-refractivity contribution in [3.8, 4) is 0 Å². The van der Waals surface area contributed by atoms with E-state index in [4.69, 9.17) is 10.8 Å². The van der Waals surface area contributed by atoms with Gasteiger partial charge in [0.25, 0.3) is 5.91 Å². The highest BCUT2D eigenvalue weighted by atomic mass is 32.2. The van der Waals surface area contributed by atoms with Gasteiger partial charge in [0.05, 0.1) is 11.7 Å². The smallest absolute Gasteiger partial charge is 0.306 e. The number of hydrogen-bond donors (Lipinski definition) is 3. The number of nitrogens with two attached hydrogens (primary N) is 1. The number of hydrogen-bond acceptors (Lipinski definition) is 5. The van der Waals surface area contributed by atoms with E-state index >= 15 is 0 Å². The Morgan fingerprint density at radius 3 is 2.64 bits per heavy atom. The van der Waals surface area contributed by atoms with Crippen LogP contribution in [0.5, 0.6) is 0 Å². The fourth-order valence-electron chi connectivity index (χ4n) is 2.32. The Balaban J connectivity index is 2.06.